The van der Waals surface area contributed by atoms with Gasteiger partial charge in [-0.05, 0) is 78.6 Å². The van der Waals surface area contributed by atoms with Gasteiger partial charge in [-0.2, -0.15) is 0 Å². The Bertz CT molecular complexity index is 2200. The Morgan fingerprint density at radius 1 is 0.674 bits per heavy atom. The van der Waals surface area contributed by atoms with E-state index in [0.29, 0.717) is 0 Å². The first-order chi connectivity index (χ1) is 22.7. The van der Waals surface area contributed by atoms with Crippen molar-refractivity contribution in [2.45, 2.75) is 27.7 Å². The number of benzene rings is 5. The number of allylic oxidation sites excluding steroid dienone is 3. The molecule has 6 aromatic rings. The molecule has 0 unspecified atom stereocenters. The third-order valence-electron chi connectivity index (χ3n) is 8.15. The average molecular weight is 597 g/mol. The first-order valence-electron chi connectivity index (χ1n) is 16.2. The molecule has 0 bridgehead atoms. The third kappa shape index (κ3) is 6.31. The number of rotatable bonds is 2. The van der Waals surface area contributed by atoms with E-state index in [9.17, 15) is 0 Å². The molecule has 0 atom stereocenters. The van der Waals surface area contributed by atoms with Gasteiger partial charge in [-0.15, -0.1) is 5.73 Å². The topological polar surface area (TPSA) is 17.0 Å². The van der Waals surface area contributed by atoms with Gasteiger partial charge in [-0.3, -0.25) is 0 Å². The number of hydrogen-bond acceptors (Lipinski definition) is 1. The van der Waals surface area contributed by atoms with E-state index in [1.807, 2.05) is 26.0 Å². The lowest BCUT2D eigenvalue weighted by atomic mass is 9.92. The van der Waals surface area contributed by atoms with Crippen molar-refractivity contribution < 1.29 is 0 Å². The van der Waals surface area contributed by atoms with Crippen LogP contribution in [0, 0.1) is 13.8 Å². The summed E-state index contributed by atoms with van der Waals surface area (Å²) in [7, 11) is 0. The summed E-state index contributed by atoms with van der Waals surface area (Å²) in [5.74, 6) is 0. The maximum absolute atomic E-state index is 3.53. The predicted molar refractivity (Wildman–Crippen MR) is 200 cm³/mol. The number of aromatic nitrogens is 1. The zero-order valence-electron chi connectivity index (χ0n) is 27.1. The quantitative estimate of drug-likeness (QED) is 0.210. The Balaban J connectivity index is 0.000000162. The number of hydrogen-bond donors (Lipinski definition) is 1. The van der Waals surface area contributed by atoms with E-state index >= 15 is 0 Å². The third-order valence-corrected chi connectivity index (χ3v) is 8.15. The summed E-state index contributed by atoms with van der Waals surface area (Å²) in [6.07, 6.45) is 12.7. The zero-order chi connectivity index (χ0) is 31.9. The van der Waals surface area contributed by atoms with Crippen molar-refractivity contribution in [1.82, 2.24) is 4.57 Å². The van der Waals surface area contributed by atoms with Crippen LogP contribution in [0.15, 0.2) is 140 Å². The summed E-state index contributed by atoms with van der Waals surface area (Å²) in [4.78, 5) is 0. The van der Waals surface area contributed by atoms with Gasteiger partial charge in [-0.25, -0.2) is 0 Å². The lowest BCUT2D eigenvalue weighted by Crippen LogP contribution is -2.25. The van der Waals surface area contributed by atoms with Gasteiger partial charge in [0.1, 0.15) is 0 Å². The molecule has 0 radical (unpaired) electrons. The molecular formula is C44H40N2. The van der Waals surface area contributed by atoms with Gasteiger partial charge in [0.2, 0.25) is 0 Å². The van der Waals surface area contributed by atoms with Crippen LogP contribution in [0.3, 0.4) is 0 Å². The van der Waals surface area contributed by atoms with Crippen LogP contribution in [-0.2, 0) is 0 Å². The molecule has 1 N–H and O–H groups in total. The summed E-state index contributed by atoms with van der Waals surface area (Å²) in [5, 5.41) is 7.22. The van der Waals surface area contributed by atoms with Gasteiger partial charge >= 0.3 is 0 Å². The number of nitrogens with one attached hydrogen (secondary N) is 1. The largest absolute Gasteiger partial charge is 0.381 e. The number of para-hydroxylation sites is 3. The predicted octanol–water partition coefficient (Wildman–Crippen LogP) is 10.0. The molecule has 46 heavy (non-hydrogen) atoms. The maximum Gasteiger partial charge on any atom is 0.0625 e. The number of fused-ring (bicyclic) bond motifs is 6. The fraction of sp³-hybridized carbons (Fsp3) is 0.114. The highest BCUT2D eigenvalue weighted by Gasteiger charge is 2.12. The highest BCUT2D eigenvalue weighted by molar-refractivity contribution is 5.88. The molecule has 0 saturated heterocycles. The molecule has 2 nitrogen and oxygen atoms in total. The highest BCUT2D eigenvalue weighted by atomic mass is 15.0. The average Bonchev–Trinajstić information content (AvgIpc) is 3.69. The van der Waals surface area contributed by atoms with Crippen molar-refractivity contribution in [2.24, 2.45) is 0 Å². The van der Waals surface area contributed by atoms with Crippen LogP contribution < -0.4 is 15.9 Å². The normalized spacial score (nSPS) is 13.6. The molecule has 0 fully saturated rings. The number of aryl methyl sites for hydroxylation is 2. The molecule has 2 heterocycles. The number of nitrogens with zero attached hydrogens (tertiary/aromatic N) is 1. The van der Waals surface area contributed by atoms with Crippen LogP contribution in [-0.4, -0.2) is 11.1 Å². The fourth-order valence-electron chi connectivity index (χ4n) is 6.23. The Labute approximate surface area is 272 Å². The molecule has 2 heteroatoms. The van der Waals surface area contributed by atoms with Crippen molar-refractivity contribution in [3.63, 3.8) is 0 Å². The van der Waals surface area contributed by atoms with Gasteiger partial charge in [-0.1, -0.05) is 134 Å². The van der Waals surface area contributed by atoms with E-state index in [4.69, 9.17) is 0 Å². The van der Waals surface area contributed by atoms with Crippen LogP contribution in [0.4, 0.5) is 5.69 Å². The summed E-state index contributed by atoms with van der Waals surface area (Å²) in [6.45, 7) is 9.14. The lowest BCUT2D eigenvalue weighted by molar-refractivity contribution is 1.07. The van der Waals surface area contributed by atoms with Gasteiger partial charge in [0, 0.05) is 34.1 Å². The Morgan fingerprint density at radius 2 is 1.41 bits per heavy atom. The molecule has 0 amide bonds. The maximum atomic E-state index is 3.53. The highest BCUT2D eigenvalue weighted by Crippen LogP contribution is 2.35. The van der Waals surface area contributed by atoms with Gasteiger partial charge in [0.25, 0.3) is 0 Å². The molecule has 1 aliphatic carbocycles. The zero-order valence-corrected chi connectivity index (χ0v) is 27.1. The summed E-state index contributed by atoms with van der Waals surface area (Å²) in [6, 6.07) is 41.0. The molecule has 1 aliphatic heterocycles. The van der Waals surface area contributed by atoms with Crippen LogP contribution >= 0.6 is 0 Å². The first kappa shape index (κ1) is 30.5. The van der Waals surface area contributed by atoms with Gasteiger partial charge < -0.3 is 9.88 Å². The Morgan fingerprint density at radius 3 is 2.24 bits per heavy atom. The van der Waals surface area contributed by atoms with Crippen molar-refractivity contribution in [2.75, 3.05) is 11.9 Å². The smallest absolute Gasteiger partial charge is 0.0625 e. The minimum absolute atomic E-state index is 0.827. The molecule has 8 rings (SSSR count). The molecule has 1 aromatic heterocycles. The van der Waals surface area contributed by atoms with E-state index in [-0.39, 0.29) is 0 Å². The Kier molecular flexibility index (Phi) is 9.29. The molecular weight excluding hydrogens is 556 g/mol. The van der Waals surface area contributed by atoms with Crippen molar-refractivity contribution >= 4 is 34.5 Å². The summed E-state index contributed by atoms with van der Waals surface area (Å²) >= 11 is 0. The fourth-order valence-corrected chi connectivity index (χ4v) is 6.23. The monoisotopic (exact) mass is 596 g/mol. The van der Waals surface area contributed by atoms with Crippen LogP contribution in [0.1, 0.15) is 30.5 Å². The minimum Gasteiger partial charge on any atom is -0.381 e. The van der Waals surface area contributed by atoms with Gasteiger partial charge in [0.15, 0.2) is 0 Å². The van der Waals surface area contributed by atoms with E-state index in [0.717, 1.165) is 6.54 Å². The minimum atomic E-state index is 0.827. The van der Waals surface area contributed by atoms with Gasteiger partial charge in [0.05, 0.1) is 10.9 Å². The second-order valence-corrected chi connectivity index (χ2v) is 11.3. The van der Waals surface area contributed by atoms with E-state index in [1.54, 1.807) is 0 Å². The van der Waals surface area contributed by atoms with Crippen LogP contribution in [0.5, 0.6) is 0 Å². The first-order valence-corrected chi connectivity index (χ1v) is 16.2. The molecule has 0 saturated carbocycles. The molecule has 5 aromatic carbocycles. The van der Waals surface area contributed by atoms with E-state index in [1.165, 1.54) is 71.8 Å². The number of anilines is 1. The Hall–Kier alpha value is -5.56. The van der Waals surface area contributed by atoms with Crippen molar-refractivity contribution in [3.05, 3.63) is 167 Å². The van der Waals surface area contributed by atoms with Crippen LogP contribution in [0.2, 0.25) is 0 Å². The van der Waals surface area contributed by atoms with E-state index < -0.39 is 0 Å². The SMILES string of the molecule is C1=CC=c2c=1c1ccccc1n2-c1ccccc1.CC.Cc1cc(C)cc(-c2ccc3c(c2)-c2ccccc2NC/C=C\C=C/3)c1. The van der Waals surface area contributed by atoms with E-state index in [2.05, 4.69) is 169 Å². The standard InChI is InChI=1S/C25H23N.C17H11N.C2H6/c1-18-14-19(2)16-22(15-18)21-12-11-20-8-4-3-7-13-26-25-10-6-5-9-23(25)24(20)17-21;1-2-7-13(8-3-1)18-16-11-5-4-9-14(16)15-10-6-12-17(15)18;1-2/h3-12,14-17,26H,13H2,1-2H3;1-9,11-12H;1-2H3/b7-3-,8-4-;;. The lowest BCUT2D eigenvalue weighted by Gasteiger charge is -2.16. The van der Waals surface area contributed by atoms with Crippen molar-refractivity contribution in [1.29, 1.82) is 0 Å². The molecule has 2 aliphatic rings. The van der Waals surface area contributed by atoms with Crippen LogP contribution in [0.25, 0.3) is 56.7 Å². The summed E-state index contributed by atoms with van der Waals surface area (Å²) in [5.41, 5.74) is 15.8. The van der Waals surface area contributed by atoms with Crippen molar-refractivity contribution in [3.8, 4) is 27.9 Å². The molecule has 226 valence electrons. The molecule has 0 spiro atoms. The second-order valence-electron chi connectivity index (χ2n) is 11.3. The summed E-state index contributed by atoms with van der Waals surface area (Å²) < 4.78 is 2.29. The second kappa shape index (κ2) is 14.0.